The molecule has 1 N–H and O–H groups in total. The lowest BCUT2D eigenvalue weighted by molar-refractivity contribution is -0.0122. The van der Waals surface area contributed by atoms with Crippen LogP contribution in [0.4, 0.5) is 0 Å². The van der Waals surface area contributed by atoms with Crippen molar-refractivity contribution in [3.8, 4) is 5.88 Å². The van der Waals surface area contributed by atoms with Gasteiger partial charge < -0.3 is 14.8 Å². The van der Waals surface area contributed by atoms with E-state index in [4.69, 9.17) is 9.47 Å². The molecule has 2 atom stereocenters. The molecular formula is C15H24N2O2. The number of hydrogen-bond acceptors (Lipinski definition) is 4. The molecule has 1 aromatic rings. The Morgan fingerprint density at radius 2 is 2.42 bits per heavy atom. The van der Waals surface area contributed by atoms with E-state index < -0.39 is 0 Å². The van der Waals surface area contributed by atoms with Gasteiger partial charge >= 0.3 is 0 Å². The van der Waals surface area contributed by atoms with Crippen LogP contribution in [0.15, 0.2) is 18.3 Å². The number of pyridine rings is 1. The maximum absolute atomic E-state index is 5.87. The Balaban J connectivity index is 1.94. The first-order valence-corrected chi connectivity index (χ1v) is 7.24. The average molecular weight is 264 g/mol. The monoisotopic (exact) mass is 264 g/mol. The second kappa shape index (κ2) is 7.46. The molecule has 1 aliphatic rings. The van der Waals surface area contributed by atoms with Crippen molar-refractivity contribution in [2.75, 3.05) is 19.8 Å². The molecule has 0 radical (unpaired) electrons. The van der Waals surface area contributed by atoms with E-state index in [1.807, 2.05) is 6.07 Å². The molecule has 2 rings (SSSR count). The first-order valence-electron chi connectivity index (χ1n) is 7.24. The van der Waals surface area contributed by atoms with Crippen LogP contribution in [-0.2, 0) is 4.74 Å². The average Bonchev–Trinajstić information content (AvgIpc) is 2.47. The summed E-state index contributed by atoms with van der Waals surface area (Å²) in [5.41, 5.74) is 1.11. The van der Waals surface area contributed by atoms with Gasteiger partial charge in [-0.2, -0.15) is 0 Å². The van der Waals surface area contributed by atoms with Gasteiger partial charge in [0.15, 0.2) is 0 Å². The van der Waals surface area contributed by atoms with Crippen LogP contribution in [0.3, 0.4) is 0 Å². The number of hydrogen-bond donors (Lipinski definition) is 1. The third-order valence-corrected chi connectivity index (χ3v) is 3.46. The van der Waals surface area contributed by atoms with E-state index in [2.05, 4.69) is 30.2 Å². The van der Waals surface area contributed by atoms with Gasteiger partial charge in [0.1, 0.15) is 6.61 Å². The van der Waals surface area contributed by atoms with Gasteiger partial charge in [-0.05, 0) is 38.8 Å². The molecule has 1 saturated heterocycles. The predicted molar refractivity (Wildman–Crippen MR) is 75.4 cm³/mol. The molecule has 0 spiro atoms. The fraction of sp³-hybridized carbons (Fsp3) is 0.667. The summed E-state index contributed by atoms with van der Waals surface area (Å²) in [7, 11) is 0. The zero-order valence-electron chi connectivity index (χ0n) is 11.9. The van der Waals surface area contributed by atoms with Gasteiger partial charge in [-0.3, -0.25) is 0 Å². The molecule has 106 valence electrons. The van der Waals surface area contributed by atoms with Crippen LogP contribution >= 0.6 is 0 Å². The summed E-state index contributed by atoms with van der Waals surface area (Å²) in [6.07, 6.45) is 5.49. The summed E-state index contributed by atoms with van der Waals surface area (Å²) >= 11 is 0. The van der Waals surface area contributed by atoms with Gasteiger partial charge in [0, 0.05) is 24.4 Å². The number of rotatable bonds is 6. The van der Waals surface area contributed by atoms with Gasteiger partial charge in [-0.25, -0.2) is 4.98 Å². The minimum atomic E-state index is 0.220. The predicted octanol–water partition coefficient (Wildman–Crippen LogP) is 2.70. The minimum Gasteiger partial charge on any atom is -0.475 e. The van der Waals surface area contributed by atoms with E-state index in [0.717, 1.165) is 31.0 Å². The highest BCUT2D eigenvalue weighted by atomic mass is 16.5. The van der Waals surface area contributed by atoms with Crippen LogP contribution in [0.5, 0.6) is 5.88 Å². The Kier molecular flexibility index (Phi) is 5.61. The fourth-order valence-corrected chi connectivity index (χ4v) is 2.38. The normalized spacial score (nSPS) is 21.1. The Morgan fingerprint density at radius 1 is 1.53 bits per heavy atom. The van der Waals surface area contributed by atoms with E-state index in [1.165, 1.54) is 12.8 Å². The van der Waals surface area contributed by atoms with Crippen molar-refractivity contribution < 1.29 is 9.47 Å². The molecule has 19 heavy (non-hydrogen) atoms. The van der Waals surface area contributed by atoms with Gasteiger partial charge in [-0.15, -0.1) is 0 Å². The highest BCUT2D eigenvalue weighted by Crippen LogP contribution is 2.23. The maximum atomic E-state index is 5.87. The molecule has 4 nitrogen and oxygen atoms in total. The van der Waals surface area contributed by atoms with Crippen LogP contribution < -0.4 is 10.1 Å². The number of ether oxygens (including phenoxy) is 2. The van der Waals surface area contributed by atoms with Crippen LogP contribution in [0.25, 0.3) is 0 Å². The molecule has 0 amide bonds. The SMILES string of the molecule is CCNC(C)c1cccnc1OCC1CCCCO1. The van der Waals surface area contributed by atoms with E-state index in [9.17, 15) is 0 Å². The summed E-state index contributed by atoms with van der Waals surface area (Å²) in [5.74, 6) is 0.727. The van der Waals surface area contributed by atoms with Crippen LogP contribution in [0.2, 0.25) is 0 Å². The second-order valence-corrected chi connectivity index (χ2v) is 4.98. The summed E-state index contributed by atoms with van der Waals surface area (Å²) in [5, 5.41) is 3.39. The van der Waals surface area contributed by atoms with E-state index in [0.29, 0.717) is 6.61 Å². The first kappa shape index (κ1) is 14.3. The standard InChI is InChI=1S/C15H24N2O2/c1-3-16-12(2)14-8-6-9-17-15(14)19-11-13-7-4-5-10-18-13/h6,8-9,12-13,16H,3-5,7,10-11H2,1-2H3. The van der Waals surface area contributed by atoms with E-state index in [-0.39, 0.29) is 12.1 Å². The lowest BCUT2D eigenvalue weighted by Crippen LogP contribution is -2.27. The Hall–Kier alpha value is -1.13. The summed E-state index contributed by atoms with van der Waals surface area (Å²) in [6.45, 7) is 6.62. The van der Waals surface area contributed by atoms with Crippen LogP contribution in [-0.4, -0.2) is 30.8 Å². The van der Waals surface area contributed by atoms with E-state index in [1.54, 1.807) is 6.20 Å². The molecule has 0 aromatic carbocycles. The lowest BCUT2D eigenvalue weighted by Gasteiger charge is -2.23. The van der Waals surface area contributed by atoms with Crippen molar-refractivity contribution in [2.45, 2.75) is 45.3 Å². The maximum Gasteiger partial charge on any atom is 0.218 e. The Labute approximate surface area is 115 Å². The highest BCUT2D eigenvalue weighted by molar-refractivity contribution is 5.28. The van der Waals surface area contributed by atoms with Gasteiger partial charge in [0.2, 0.25) is 5.88 Å². The molecular weight excluding hydrogens is 240 g/mol. The molecule has 0 aliphatic carbocycles. The molecule has 4 heteroatoms. The first-order chi connectivity index (χ1) is 9.31. The molecule has 1 fully saturated rings. The zero-order chi connectivity index (χ0) is 13.5. The molecule has 2 heterocycles. The number of nitrogens with zero attached hydrogens (tertiary/aromatic N) is 1. The Morgan fingerprint density at radius 3 is 3.16 bits per heavy atom. The van der Waals surface area contributed by atoms with Gasteiger partial charge in [0.25, 0.3) is 0 Å². The largest absolute Gasteiger partial charge is 0.475 e. The number of aromatic nitrogens is 1. The zero-order valence-corrected chi connectivity index (χ0v) is 11.9. The topological polar surface area (TPSA) is 43.4 Å². The molecule has 1 aromatic heterocycles. The van der Waals surface area contributed by atoms with Gasteiger partial charge in [-0.1, -0.05) is 13.0 Å². The summed E-state index contributed by atoms with van der Waals surface area (Å²) in [6, 6.07) is 4.27. The van der Waals surface area contributed by atoms with Gasteiger partial charge in [0.05, 0.1) is 6.10 Å². The van der Waals surface area contributed by atoms with Crippen molar-refractivity contribution in [1.29, 1.82) is 0 Å². The lowest BCUT2D eigenvalue weighted by atomic mass is 10.1. The summed E-state index contributed by atoms with van der Waals surface area (Å²) < 4.78 is 11.5. The molecule has 1 aliphatic heterocycles. The third-order valence-electron chi connectivity index (χ3n) is 3.46. The molecule has 0 bridgehead atoms. The second-order valence-electron chi connectivity index (χ2n) is 4.98. The highest BCUT2D eigenvalue weighted by Gasteiger charge is 2.17. The Bertz CT molecular complexity index is 378. The molecule has 2 unspecified atom stereocenters. The molecule has 0 saturated carbocycles. The minimum absolute atomic E-state index is 0.220. The van der Waals surface area contributed by atoms with Crippen molar-refractivity contribution >= 4 is 0 Å². The van der Waals surface area contributed by atoms with E-state index >= 15 is 0 Å². The summed E-state index contributed by atoms with van der Waals surface area (Å²) in [4.78, 5) is 4.35. The quantitative estimate of drug-likeness (QED) is 0.858. The van der Waals surface area contributed by atoms with Crippen LogP contribution in [0.1, 0.15) is 44.7 Å². The smallest absolute Gasteiger partial charge is 0.218 e. The van der Waals surface area contributed by atoms with Crippen LogP contribution in [0, 0.1) is 0 Å². The van der Waals surface area contributed by atoms with Crippen molar-refractivity contribution in [3.63, 3.8) is 0 Å². The van der Waals surface area contributed by atoms with Crippen molar-refractivity contribution in [1.82, 2.24) is 10.3 Å². The fourth-order valence-electron chi connectivity index (χ4n) is 2.38. The van der Waals surface area contributed by atoms with Crippen molar-refractivity contribution in [2.24, 2.45) is 0 Å². The third kappa shape index (κ3) is 4.18. The van der Waals surface area contributed by atoms with Crippen molar-refractivity contribution in [3.05, 3.63) is 23.9 Å². The number of nitrogens with one attached hydrogen (secondary N) is 1.